The van der Waals surface area contributed by atoms with E-state index in [-0.39, 0.29) is 0 Å². The molecule has 0 radical (unpaired) electrons. The fraction of sp³-hybridized carbons (Fsp3) is 0.571. The Morgan fingerprint density at radius 3 is 2.88 bits per heavy atom. The number of aryl methyl sites for hydroxylation is 1. The lowest BCUT2D eigenvalue weighted by molar-refractivity contribution is 0.158. The molecule has 1 aliphatic heterocycles. The van der Waals surface area contributed by atoms with Gasteiger partial charge in [0.2, 0.25) is 0 Å². The van der Waals surface area contributed by atoms with Crippen molar-refractivity contribution < 1.29 is 0 Å². The first-order valence-corrected chi connectivity index (χ1v) is 6.95. The molecule has 92 valence electrons. The molecule has 1 saturated heterocycles. The van der Waals surface area contributed by atoms with Crippen molar-refractivity contribution in [1.82, 2.24) is 10.2 Å². The monoisotopic (exact) mass is 250 g/mol. The summed E-state index contributed by atoms with van der Waals surface area (Å²) in [6.07, 6.45) is 3.81. The Labute approximate surface area is 108 Å². The van der Waals surface area contributed by atoms with Crippen LogP contribution in [0, 0.1) is 0 Å². The third kappa shape index (κ3) is 2.35. The summed E-state index contributed by atoms with van der Waals surface area (Å²) in [5.41, 5.74) is 2.98. The van der Waals surface area contributed by atoms with Crippen molar-refractivity contribution in [2.75, 3.05) is 26.2 Å². The van der Waals surface area contributed by atoms with Gasteiger partial charge in [-0.2, -0.15) is 0 Å². The van der Waals surface area contributed by atoms with E-state index >= 15 is 0 Å². The maximum absolute atomic E-state index is 6.15. The van der Waals surface area contributed by atoms with Crippen LogP contribution in [0.15, 0.2) is 18.2 Å². The molecule has 1 aliphatic carbocycles. The van der Waals surface area contributed by atoms with E-state index in [2.05, 4.69) is 22.3 Å². The van der Waals surface area contributed by atoms with Crippen molar-refractivity contribution in [3.63, 3.8) is 0 Å². The number of hydrogen-bond acceptors (Lipinski definition) is 2. The summed E-state index contributed by atoms with van der Waals surface area (Å²) in [7, 11) is 0. The molecule has 3 heteroatoms. The van der Waals surface area contributed by atoms with Gasteiger partial charge in [0.25, 0.3) is 0 Å². The van der Waals surface area contributed by atoms with Crippen molar-refractivity contribution in [1.29, 1.82) is 0 Å². The average molecular weight is 251 g/mol. The molecule has 1 fully saturated rings. The molecule has 17 heavy (non-hydrogen) atoms. The molecule has 1 atom stereocenters. The largest absolute Gasteiger partial charge is 0.314 e. The van der Waals surface area contributed by atoms with Crippen LogP contribution in [0.4, 0.5) is 0 Å². The fourth-order valence-corrected chi connectivity index (χ4v) is 3.30. The van der Waals surface area contributed by atoms with E-state index < -0.39 is 0 Å². The molecule has 0 amide bonds. The zero-order chi connectivity index (χ0) is 11.7. The summed E-state index contributed by atoms with van der Waals surface area (Å²) in [5, 5.41) is 4.30. The SMILES string of the molecule is Clc1ccc2c(c1)C(N1CCNCC1)CCC2. The van der Waals surface area contributed by atoms with Crippen LogP contribution in [-0.4, -0.2) is 31.1 Å². The number of hydrogen-bond donors (Lipinski definition) is 1. The van der Waals surface area contributed by atoms with Gasteiger partial charge in [0.05, 0.1) is 0 Å². The third-order valence-corrected chi connectivity index (χ3v) is 4.22. The van der Waals surface area contributed by atoms with E-state index in [9.17, 15) is 0 Å². The third-order valence-electron chi connectivity index (χ3n) is 3.98. The molecule has 0 spiro atoms. The summed E-state index contributed by atoms with van der Waals surface area (Å²) in [6, 6.07) is 7.02. The Balaban J connectivity index is 1.89. The first kappa shape index (κ1) is 11.5. The quantitative estimate of drug-likeness (QED) is 0.824. The molecule has 0 bridgehead atoms. The number of fused-ring (bicyclic) bond motifs is 1. The highest BCUT2D eigenvalue weighted by Crippen LogP contribution is 2.35. The minimum Gasteiger partial charge on any atom is -0.314 e. The van der Waals surface area contributed by atoms with Gasteiger partial charge < -0.3 is 5.32 Å². The van der Waals surface area contributed by atoms with E-state index in [0.717, 1.165) is 31.2 Å². The van der Waals surface area contributed by atoms with Gasteiger partial charge in [-0.3, -0.25) is 4.90 Å². The van der Waals surface area contributed by atoms with Crippen LogP contribution in [0.25, 0.3) is 0 Å². The second-order valence-electron chi connectivity index (χ2n) is 5.04. The van der Waals surface area contributed by atoms with E-state index in [1.807, 2.05) is 6.07 Å². The second-order valence-corrected chi connectivity index (χ2v) is 5.47. The van der Waals surface area contributed by atoms with Crippen molar-refractivity contribution in [2.45, 2.75) is 25.3 Å². The molecule has 2 aliphatic rings. The van der Waals surface area contributed by atoms with Gasteiger partial charge in [0.1, 0.15) is 0 Å². The van der Waals surface area contributed by atoms with Crippen LogP contribution in [0.3, 0.4) is 0 Å². The Bertz CT molecular complexity index is 399. The molecule has 2 nitrogen and oxygen atoms in total. The van der Waals surface area contributed by atoms with Crippen LogP contribution in [-0.2, 0) is 6.42 Å². The highest BCUT2D eigenvalue weighted by Gasteiger charge is 2.26. The number of benzene rings is 1. The molecule has 0 saturated carbocycles. The first-order valence-electron chi connectivity index (χ1n) is 6.58. The molecule has 1 aromatic rings. The number of piperazine rings is 1. The summed E-state index contributed by atoms with van der Waals surface area (Å²) in [4.78, 5) is 2.62. The Hall–Kier alpha value is -0.570. The summed E-state index contributed by atoms with van der Waals surface area (Å²) in [5.74, 6) is 0. The minimum absolute atomic E-state index is 0.597. The van der Waals surface area contributed by atoms with Crippen molar-refractivity contribution >= 4 is 11.6 Å². The molecule has 1 N–H and O–H groups in total. The van der Waals surface area contributed by atoms with Crippen LogP contribution in [0.1, 0.15) is 30.0 Å². The average Bonchev–Trinajstić information content (AvgIpc) is 2.39. The van der Waals surface area contributed by atoms with E-state index in [0.29, 0.717) is 6.04 Å². The molecule has 1 heterocycles. The Morgan fingerprint density at radius 1 is 1.24 bits per heavy atom. The van der Waals surface area contributed by atoms with E-state index in [4.69, 9.17) is 11.6 Å². The number of halogens is 1. The van der Waals surface area contributed by atoms with Crippen LogP contribution < -0.4 is 5.32 Å². The maximum Gasteiger partial charge on any atom is 0.0409 e. The first-order chi connectivity index (χ1) is 8.34. The normalized spacial score (nSPS) is 25.6. The summed E-state index contributed by atoms with van der Waals surface area (Å²) in [6.45, 7) is 4.56. The Morgan fingerprint density at radius 2 is 2.06 bits per heavy atom. The second kappa shape index (κ2) is 4.97. The van der Waals surface area contributed by atoms with Crippen molar-refractivity contribution in [3.05, 3.63) is 34.3 Å². The van der Waals surface area contributed by atoms with Gasteiger partial charge in [-0.05, 0) is 42.5 Å². The molecular formula is C14H19ClN2. The highest BCUT2D eigenvalue weighted by atomic mass is 35.5. The zero-order valence-electron chi connectivity index (χ0n) is 10.1. The van der Waals surface area contributed by atoms with Crippen molar-refractivity contribution in [3.8, 4) is 0 Å². The fourth-order valence-electron chi connectivity index (χ4n) is 3.12. The minimum atomic E-state index is 0.597. The highest BCUT2D eigenvalue weighted by molar-refractivity contribution is 6.30. The molecular weight excluding hydrogens is 232 g/mol. The number of nitrogens with zero attached hydrogens (tertiary/aromatic N) is 1. The Kier molecular flexibility index (Phi) is 3.37. The van der Waals surface area contributed by atoms with Gasteiger partial charge in [0, 0.05) is 37.2 Å². The predicted octanol–water partition coefficient (Wildman–Crippen LogP) is 2.62. The molecule has 1 aromatic carbocycles. The van der Waals surface area contributed by atoms with Crippen LogP contribution in [0.5, 0.6) is 0 Å². The number of nitrogens with one attached hydrogen (secondary N) is 1. The lowest BCUT2D eigenvalue weighted by Gasteiger charge is -2.38. The molecule has 1 unspecified atom stereocenters. The molecule has 0 aromatic heterocycles. The van der Waals surface area contributed by atoms with Crippen LogP contribution in [0.2, 0.25) is 5.02 Å². The van der Waals surface area contributed by atoms with Crippen LogP contribution >= 0.6 is 11.6 Å². The van der Waals surface area contributed by atoms with Gasteiger partial charge >= 0.3 is 0 Å². The lowest BCUT2D eigenvalue weighted by Crippen LogP contribution is -2.45. The van der Waals surface area contributed by atoms with Crippen molar-refractivity contribution in [2.24, 2.45) is 0 Å². The maximum atomic E-state index is 6.15. The van der Waals surface area contributed by atoms with E-state index in [1.165, 1.54) is 30.4 Å². The summed E-state index contributed by atoms with van der Waals surface area (Å²) < 4.78 is 0. The predicted molar refractivity (Wildman–Crippen MR) is 71.6 cm³/mol. The standard InChI is InChI=1S/C14H19ClN2/c15-12-5-4-11-2-1-3-14(13(11)10-12)17-8-6-16-7-9-17/h4-5,10,14,16H,1-3,6-9H2. The smallest absolute Gasteiger partial charge is 0.0409 e. The topological polar surface area (TPSA) is 15.3 Å². The molecule has 3 rings (SSSR count). The van der Waals surface area contributed by atoms with Gasteiger partial charge in [-0.15, -0.1) is 0 Å². The van der Waals surface area contributed by atoms with Gasteiger partial charge in [-0.25, -0.2) is 0 Å². The van der Waals surface area contributed by atoms with Gasteiger partial charge in [0.15, 0.2) is 0 Å². The van der Waals surface area contributed by atoms with E-state index in [1.54, 1.807) is 0 Å². The number of rotatable bonds is 1. The summed E-state index contributed by atoms with van der Waals surface area (Å²) >= 11 is 6.15. The van der Waals surface area contributed by atoms with Gasteiger partial charge in [-0.1, -0.05) is 17.7 Å². The lowest BCUT2D eigenvalue weighted by atomic mass is 9.86. The zero-order valence-corrected chi connectivity index (χ0v) is 10.8.